The maximum absolute atomic E-state index is 10.3. The fourth-order valence-electron chi connectivity index (χ4n) is 0.511. The van der Waals surface area contributed by atoms with Gasteiger partial charge in [0, 0.05) is 6.92 Å². The van der Waals surface area contributed by atoms with Gasteiger partial charge in [-0.15, -0.1) is 0 Å². The molecule has 0 aromatic rings. The molecular formula is C7H12O2. The highest BCUT2D eigenvalue weighted by atomic mass is 16.5. The van der Waals surface area contributed by atoms with Crippen molar-refractivity contribution in [2.75, 3.05) is 0 Å². The Kier molecular flexibility index (Phi) is 3.76. The molecule has 9 heavy (non-hydrogen) atoms. The zero-order valence-corrected chi connectivity index (χ0v) is 5.89. The smallest absolute Gasteiger partial charge is 0.303 e. The lowest BCUT2D eigenvalue weighted by molar-refractivity contribution is -0.144. The van der Waals surface area contributed by atoms with Gasteiger partial charge in [-0.2, -0.15) is 0 Å². The number of ether oxygens (including phenoxy) is 1. The van der Waals surface area contributed by atoms with E-state index in [1.807, 2.05) is 6.92 Å². The number of carbonyl (C=O) groups is 1. The van der Waals surface area contributed by atoms with E-state index in [1.165, 1.54) is 6.92 Å². The van der Waals surface area contributed by atoms with Crippen molar-refractivity contribution in [2.45, 2.75) is 26.4 Å². The molecule has 0 aromatic heterocycles. The van der Waals surface area contributed by atoms with E-state index in [9.17, 15) is 4.79 Å². The van der Waals surface area contributed by atoms with Crippen LogP contribution in [0, 0.1) is 0 Å². The van der Waals surface area contributed by atoms with Crippen LogP contribution in [0.1, 0.15) is 20.3 Å². The van der Waals surface area contributed by atoms with Crippen LogP contribution in [0.15, 0.2) is 12.7 Å². The first-order chi connectivity index (χ1) is 4.20. The van der Waals surface area contributed by atoms with E-state index in [4.69, 9.17) is 4.74 Å². The first kappa shape index (κ1) is 8.21. The summed E-state index contributed by atoms with van der Waals surface area (Å²) in [5, 5.41) is 0. The van der Waals surface area contributed by atoms with E-state index in [2.05, 4.69) is 6.58 Å². The average molecular weight is 128 g/mol. The summed E-state index contributed by atoms with van der Waals surface area (Å²) in [5.74, 6) is -0.248. The van der Waals surface area contributed by atoms with E-state index in [1.54, 1.807) is 6.08 Å². The van der Waals surface area contributed by atoms with Crippen molar-refractivity contribution in [3.63, 3.8) is 0 Å². The first-order valence-corrected chi connectivity index (χ1v) is 3.00. The Bertz CT molecular complexity index is 107. The van der Waals surface area contributed by atoms with Crippen molar-refractivity contribution in [1.82, 2.24) is 0 Å². The molecule has 0 aliphatic carbocycles. The normalized spacial score (nSPS) is 12.2. The molecule has 52 valence electrons. The highest BCUT2D eigenvalue weighted by molar-refractivity contribution is 5.66. The van der Waals surface area contributed by atoms with Crippen molar-refractivity contribution < 1.29 is 9.53 Å². The zero-order valence-electron chi connectivity index (χ0n) is 5.89. The molecule has 0 amide bonds. The predicted molar refractivity (Wildman–Crippen MR) is 36.0 cm³/mol. The van der Waals surface area contributed by atoms with Gasteiger partial charge in [0.05, 0.1) is 0 Å². The predicted octanol–water partition coefficient (Wildman–Crippen LogP) is 1.51. The maximum Gasteiger partial charge on any atom is 0.303 e. The molecule has 0 rings (SSSR count). The second-order valence-corrected chi connectivity index (χ2v) is 1.79. The van der Waals surface area contributed by atoms with Crippen LogP contribution in [0.3, 0.4) is 0 Å². The summed E-state index contributed by atoms with van der Waals surface area (Å²) >= 11 is 0. The molecule has 2 heteroatoms. The van der Waals surface area contributed by atoms with Crippen LogP contribution in [0.2, 0.25) is 0 Å². The van der Waals surface area contributed by atoms with Gasteiger partial charge in [0.2, 0.25) is 0 Å². The average Bonchev–Trinajstić information content (AvgIpc) is 1.82. The first-order valence-electron chi connectivity index (χ1n) is 3.00. The van der Waals surface area contributed by atoms with Crippen molar-refractivity contribution in [3.05, 3.63) is 12.7 Å². The molecule has 1 atom stereocenters. The second kappa shape index (κ2) is 4.13. The lowest BCUT2D eigenvalue weighted by atomic mass is 10.3. The van der Waals surface area contributed by atoms with E-state index in [0.717, 1.165) is 6.42 Å². The summed E-state index contributed by atoms with van der Waals surface area (Å²) in [6.45, 7) is 6.84. The molecule has 0 saturated heterocycles. The minimum atomic E-state index is -0.248. The summed E-state index contributed by atoms with van der Waals surface area (Å²) in [4.78, 5) is 10.3. The monoisotopic (exact) mass is 128 g/mol. The van der Waals surface area contributed by atoms with E-state index in [-0.39, 0.29) is 12.1 Å². The van der Waals surface area contributed by atoms with Crippen LogP contribution < -0.4 is 0 Å². The van der Waals surface area contributed by atoms with Gasteiger partial charge in [-0.05, 0) is 6.42 Å². The third-order valence-electron chi connectivity index (χ3n) is 0.983. The SMILES string of the molecule is C=C[C@@H](CC)OC(C)=O. The lowest BCUT2D eigenvalue weighted by Crippen LogP contribution is -2.11. The fraction of sp³-hybridized carbons (Fsp3) is 0.571. The largest absolute Gasteiger partial charge is 0.458 e. The molecular weight excluding hydrogens is 116 g/mol. The van der Waals surface area contributed by atoms with E-state index in [0.29, 0.717) is 0 Å². The number of hydrogen-bond acceptors (Lipinski definition) is 2. The Hall–Kier alpha value is -0.790. The van der Waals surface area contributed by atoms with Crippen molar-refractivity contribution >= 4 is 5.97 Å². The molecule has 0 fully saturated rings. The molecule has 0 unspecified atom stereocenters. The number of rotatable bonds is 3. The van der Waals surface area contributed by atoms with Crippen LogP contribution >= 0.6 is 0 Å². The van der Waals surface area contributed by atoms with Gasteiger partial charge < -0.3 is 4.74 Å². The van der Waals surface area contributed by atoms with Gasteiger partial charge in [0.15, 0.2) is 0 Å². The Morgan fingerprint density at radius 3 is 2.56 bits per heavy atom. The Morgan fingerprint density at radius 2 is 2.44 bits per heavy atom. The van der Waals surface area contributed by atoms with Gasteiger partial charge in [0.25, 0.3) is 0 Å². The van der Waals surface area contributed by atoms with Crippen LogP contribution in [0.25, 0.3) is 0 Å². The zero-order chi connectivity index (χ0) is 7.28. The number of carbonyl (C=O) groups excluding carboxylic acids is 1. The Labute approximate surface area is 55.5 Å². The topological polar surface area (TPSA) is 26.3 Å². The van der Waals surface area contributed by atoms with E-state index < -0.39 is 0 Å². The molecule has 0 aliphatic rings. The minimum Gasteiger partial charge on any atom is -0.458 e. The number of esters is 1. The van der Waals surface area contributed by atoms with Crippen molar-refractivity contribution in [2.24, 2.45) is 0 Å². The minimum absolute atomic E-state index is 0.109. The molecule has 0 N–H and O–H groups in total. The van der Waals surface area contributed by atoms with Crippen molar-refractivity contribution in [3.8, 4) is 0 Å². The summed E-state index contributed by atoms with van der Waals surface area (Å²) < 4.78 is 4.79. The molecule has 0 heterocycles. The summed E-state index contributed by atoms with van der Waals surface area (Å²) in [6.07, 6.45) is 2.31. The standard InChI is InChI=1S/C7H12O2/c1-4-7(5-2)9-6(3)8/h4,7H,1,5H2,2-3H3/t7-/m0/s1. The molecule has 0 aromatic carbocycles. The molecule has 0 bridgehead atoms. The van der Waals surface area contributed by atoms with Crippen molar-refractivity contribution in [1.29, 1.82) is 0 Å². The third kappa shape index (κ3) is 3.76. The Balaban J connectivity index is 3.55. The molecule has 0 radical (unpaired) electrons. The molecule has 0 aliphatic heterocycles. The van der Waals surface area contributed by atoms with Gasteiger partial charge >= 0.3 is 5.97 Å². The third-order valence-corrected chi connectivity index (χ3v) is 0.983. The van der Waals surface area contributed by atoms with Crippen LogP contribution in [-0.2, 0) is 9.53 Å². The van der Waals surface area contributed by atoms with Gasteiger partial charge in [0.1, 0.15) is 6.10 Å². The quantitative estimate of drug-likeness (QED) is 0.425. The van der Waals surface area contributed by atoms with E-state index >= 15 is 0 Å². The van der Waals surface area contributed by atoms with Gasteiger partial charge in [-0.1, -0.05) is 19.6 Å². The summed E-state index contributed by atoms with van der Waals surface area (Å²) in [6, 6.07) is 0. The molecule has 0 spiro atoms. The van der Waals surface area contributed by atoms with Gasteiger partial charge in [-0.3, -0.25) is 4.79 Å². The summed E-state index contributed by atoms with van der Waals surface area (Å²) in [5.41, 5.74) is 0. The second-order valence-electron chi connectivity index (χ2n) is 1.79. The number of hydrogen-bond donors (Lipinski definition) is 0. The molecule has 0 saturated carbocycles. The van der Waals surface area contributed by atoms with Crippen LogP contribution in [0.5, 0.6) is 0 Å². The lowest BCUT2D eigenvalue weighted by Gasteiger charge is -2.08. The fourth-order valence-corrected chi connectivity index (χ4v) is 0.511. The summed E-state index contributed by atoms with van der Waals surface area (Å²) in [7, 11) is 0. The molecule has 2 nitrogen and oxygen atoms in total. The van der Waals surface area contributed by atoms with Crippen LogP contribution in [0.4, 0.5) is 0 Å². The maximum atomic E-state index is 10.3. The highest BCUT2D eigenvalue weighted by Crippen LogP contribution is 1.97. The van der Waals surface area contributed by atoms with Gasteiger partial charge in [-0.25, -0.2) is 0 Å². The Morgan fingerprint density at radius 1 is 1.89 bits per heavy atom. The van der Waals surface area contributed by atoms with Crippen LogP contribution in [-0.4, -0.2) is 12.1 Å². The highest BCUT2D eigenvalue weighted by Gasteiger charge is 2.01.